The zero-order valence-electron chi connectivity index (χ0n) is 17.5. The summed E-state index contributed by atoms with van der Waals surface area (Å²) < 4.78 is 0. The molecule has 1 saturated carbocycles. The molecule has 1 aromatic carbocycles. The molecule has 0 amide bonds. The van der Waals surface area contributed by atoms with Gasteiger partial charge in [0, 0.05) is 49.7 Å². The van der Waals surface area contributed by atoms with Crippen LogP contribution in [-0.4, -0.2) is 47.6 Å². The molecule has 2 fully saturated rings. The lowest BCUT2D eigenvalue weighted by atomic mass is 9.79. The molecule has 4 rings (SSSR count). The Morgan fingerprint density at radius 2 is 1.75 bits per heavy atom. The molecular weight excluding hydrogens is 344 g/mol. The van der Waals surface area contributed by atoms with Gasteiger partial charge in [0.15, 0.2) is 0 Å². The summed E-state index contributed by atoms with van der Waals surface area (Å²) in [4.78, 5) is 13.8. The van der Waals surface area contributed by atoms with Gasteiger partial charge < -0.3 is 4.90 Å². The molecule has 0 spiro atoms. The van der Waals surface area contributed by atoms with Gasteiger partial charge >= 0.3 is 0 Å². The van der Waals surface area contributed by atoms with Crippen molar-refractivity contribution in [3.63, 3.8) is 0 Å². The predicted octanol–water partition coefficient (Wildman–Crippen LogP) is 4.58. The molecule has 0 unspecified atom stereocenters. The van der Waals surface area contributed by atoms with Crippen LogP contribution >= 0.6 is 0 Å². The van der Waals surface area contributed by atoms with Gasteiger partial charge in [-0.2, -0.15) is 0 Å². The van der Waals surface area contributed by atoms with Crippen LogP contribution < -0.4 is 4.90 Å². The van der Waals surface area contributed by atoms with Crippen molar-refractivity contribution in [2.75, 3.05) is 37.6 Å². The quantitative estimate of drug-likeness (QED) is 0.762. The predicted molar refractivity (Wildman–Crippen MR) is 116 cm³/mol. The van der Waals surface area contributed by atoms with Gasteiger partial charge in [-0.1, -0.05) is 12.1 Å². The third-order valence-electron chi connectivity index (χ3n) is 7.01. The smallest absolute Gasteiger partial charge is 0.115 e. The number of aromatic nitrogens is 2. The van der Waals surface area contributed by atoms with Gasteiger partial charge in [0.25, 0.3) is 0 Å². The Morgan fingerprint density at radius 1 is 0.964 bits per heavy atom. The van der Waals surface area contributed by atoms with E-state index in [0.29, 0.717) is 5.92 Å². The van der Waals surface area contributed by atoms with E-state index in [1.54, 1.807) is 6.33 Å². The van der Waals surface area contributed by atoms with Crippen molar-refractivity contribution in [1.82, 2.24) is 14.9 Å². The number of benzene rings is 1. The van der Waals surface area contributed by atoms with Crippen LogP contribution in [0.4, 0.5) is 5.69 Å². The van der Waals surface area contributed by atoms with Crippen molar-refractivity contribution in [2.24, 2.45) is 5.92 Å². The van der Waals surface area contributed by atoms with Gasteiger partial charge in [-0.05, 0) is 81.7 Å². The standard InChI is InChI=1S/C24H34N4/c1-19-4-3-5-24(20(19)2)28-16-14-27(15-17-28)13-11-21-6-8-22(9-7-21)23-10-12-25-18-26-23/h3-5,10,12,18,21-22H,6-9,11,13-17H2,1-2H3. The SMILES string of the molecule is Cc1cccc(N2CCN(CCC3CCC(c4ccncn4)CC3)CC2)c1C. The monoisotopic (exact) mass is 378 g/mol. The molecule has 2 heterocycles. The first-order valence-corrected chi connectivity index (χ1v) is 11.0. The Bertz CT molecular complexity index is 744. The van der Waals surface area contributed by atoms with E-state index >= 15 is 0 Å². The molecule has 0 bridgehead atoms. The van der Waals surface area contributed by atoms with Gasteiger partial charge in [0.1, 0.15) is 6.33 Å². The van der Waals surface area contributed by atoms with Crippen LogP contribution in [0.25, 0.3) is 0 Å². The van der Waals surface area contributed by atoms with Crippen molar-refractivity contribution in [1.29, 1.82) is 0 Å². The molecule has 1 aliphatic heterocycles. The maximum Gasteiger partial charge on any atom is 0.115 e. The van der Waals surface area contributed by atoms with Gasteiger partial charge in [0.2, 0.25) is 0 Å². The number of hydrogen-bond donors (Lipinski definition) is 0. The van der Waals surface area contributed by atoms with E-state index < -0.39 is 0 Å². The van der Waals surface area contributed by atoms with E-state index in [1.807, 2.05) is 6.20 Å². The van der Waals surface area contributed by atoms with E-state index in [4.69, 9.17) is 0 Å². The highest BCUT2D eigenvalue weighted by Gasteiger charge is 2.24. The molecule has 2 aliphatic rings. The number of anilines is 1. The molecule has 28 heavy (non-hydrogen) atoms. The van der Waals surface area contributed by atoms with Crippen LogP contribution in [0.1, 0.15) is 54.8 Å². The first-order chi connectivity index (χ1) is 13.7. The normalized spacial score (nSPS) is 23.7. The summed E-state index contributed by atoms with van der Waals surface area (Å²) in [5.74, 6) is 1.55. The molecule has 1 saturated heterocycles. The van der Waals surface area contributed by atoms with Crippen LogP contribution in [0.2, 0.25) is 0 Å². The number of aryl methyl sites for hydroxylation is 1. The van der Waals surface area contributed by atoms with Crippen LogP contribution in [0, 0.1) is 19.8 Å². The average molecular weight is 379 g/mol. The minimum Gasteiger partial charge on any atom is -0.369 e. The highest BCUT2D eigenvalue weighted by molar-refractivity contribution is 5.56. The van der Waals surface area contributed by atoms with Gasteiger partial charge in [-0.15, -0.1) is 0 Å². The van der Waals surface area contributed by atoms with Gasteiger partial charge in [-0.3, -0.25) is 4.90 Å². The molecule has 0 N–H and O–H groups in total. The fourth-order valence-corrected chi connectivity index (χ4v) is 4.95. The van der Waals surface area contributed by atoms with E-state index in [0.717, 1.165) is 19.0 Å². The Morgan fingerprint density at radius 3 is 2.46 bits per heavy atom. The zero-order chi connectivity index (χ0) is 19.3. The number of rotatable bonds is 5. The maximum absolute atomic E-state index is 4.47. The van der Waals surface area contributed by atoms with Crippen LogP contribution in [-0.2, 0) is 0 Å². The Kier molecular flexibility index (Phi) is 6.26. The molecule has 0 atom stereocenters. The maximum atomic E-state index is 4.47. The Balaban J connectivity index is 1.20. The number of hydrogen-bond acceptors (Lipinski definition) is 4. The lowest BCUT2D eigenvalue weighted by Gasteiger charge is -2.38. The number of piperazine rings is 1. The first kappa shape index (κ1) is 19.4. The highest BCUT2D eigenvalue weighted by atomic mass is 15.3. The van der Waals surface area contributed by atoms with E-state index in [1.165, 1.54) is 74.2 Å². The summed E-state index contributed by atoms with van der Waals surface area (Å²) in [6, 6.07) is 8.80. The largest absolute Gasteiger partial charge is 0.369 e. The van der Waals surface area contributed by atoms with Crippen LogP contribution in [0.15, 0.2) is 36.8 Å². The van der Waals surface area contributed by atoms with Crippen molar-refractivity contribution >= 4 is 5.69 Å². The summed E-state index contributed by atoms with van der Waals surface area (Å²) in [6.07, 6.45) is 10.2. The molecule has 150 valence electrons. The van der Waals surface area contributed by atoms with Crippen molar-refractivity contribution < 1.29 is 0 Å². The fraction of sp³-hybridized carbons (Fsp3) is 0.583. The second-order valence-corrected chi connectivity index (χ2v) is 8.69. The Hall–Kier alpha value is -1.94. The van der Waals surface area contributed by atoms with Crippen molar-refractivity contribution in [3.8, 4) is 0 Å². The van der Waals surface area contributed by atoms with Crippen LogP contribution in [0.3, 0.4) is 0 Å². The molecule has 1 aliphatic carbocycles. The second kappa shape index (κ2) is 9.04. The summed E-state index contributed by atoms with van der Waals surface area (Å²) in [7, 11) is 0. The summed E-state index contributed by atoms with van der Waals surface area (Å²) in [5, 5.41) is 0. The molecule has 1 aromatic heterocycles. The van der Waals surface area contributed by atoms with Gasteiger partial charge in [0.05, 0.1) is 0 Å². The molecule has 4 nitrogen and oxygen atoms in total. The summed E-state index contributed by atoms with van der Waals surface area (Å²) in [5.41, 5.74) is 5.52. The van der Waals surface area contributed by atoms with Crippen molar-refractivity contribution in [3.05, 3.63) is 53.6 Å². The fourth-order valence-electron chi connectivity index (χ4n) is 4.95. The van der Waals surface area contributed by atoms with Crippen molar-refractivity contribution in [2.45, 2.75) is 51.9 Å². The van der Waals surface area contributed by atoms with E-state index in [2.05, 4.69) is 57.9 Å². The third kappa shape index (κ3) is 4.54. The van der Waals surface area contributed by atoms with E-state index in [9.17, 15) is 0 Å². The molecular formula is C24H34N4. The number of nitrogens with zero attached hydrogens (tertiary/aromatic N) is 4. The highest BCUT2D eigenvalue weighted by Crippen LogP contribution is 2.36. The minimum absolute atomic E-state index is 0.653. The van der Waals surface area contributed by atoms with Gasteiger partial charge in [-0.25, -0.2) is 9.97 Å². The topological polar surface area (TPSA) is 32.3 Å². The third-order valence-corrected chi connectivity index (χ3v) is 7.01. The minimum atomic E-state index is 0.653. The lowest BCUT2D eigenvalue weighted by molar-refractivity contribution is 0.216. The first-order valence-electron chi connectivity index (χ1n) is 11.0. The van der Waals surface area contributed by atoms with Crippen LogP contribution in [0.5, 0.6) is 0 Å². The Labute approximate surface area is 170 Å². The molecule has 2 aromatic rings. The summed E-state index contributed by atoms with van der Waals surface area (Å²) in [6.45, 7) is 10.5. The average Bonchev–Trinajstić information content (AvgIpc) is 2.76. The second-order valence-electron chi connectivity index (χ2n) is 8.69. The summed E-state index contributed by atoms with van der Waals surface area (Å²) >= 11 is 0. The lowest BCUT2D eigenvalue weighted by Crippen LogP contribution is -2.47. The zero-order valence-corrected chi connectivity index (χ0v) is 17.5. The molecule has 0 radical (unpaired) electrons. The van der Waals surface area contributed by atoms with E-state index in [-0.39, 0.29) is 0 Å². The molecule has 4 heteroatoms.